The van der Waals surface area contributed by atoms with E-state index in [1.54, 1.807) is 0 Å². The number of carbonyl (C=O) groups excluding carboxylic acids is 1. The molecule has 0 amide bonds. The molecule has 1 N–H and O–H groups in total. The van der Waals surface area contributed by atoms with Crippen LogP contribution in [0.15, 0.2) is 42.0 Å². The van der Waals surface area contributed by atoms with Gasteiger partial charge in [-0.2, -0.15) is 0 Å². The molecule has 1 aliphatic rings. The largest absolute Gasteiger partial charge is 0.463 e. The first kappa shape index (κ1) is 17.7. The van der Waals surface area contributed by atoms with Crippen LogP contribution in [0.3, 0.4) is 0 Å². The van der Waals surface area contributed by atoms with Gasteiger partial charge in [0.1, 0.15) is 0 Å². The molecule has 0 unspecified atom stereocenters. The summed E-state index contributed by atoms with van der Waals surface area (Å²) in [6, 6.07) is 10.3. The molecule has 0 bridgehead atoms. The van der Waals surface area contributed by atoms with E-state index in [1.165, 1.54) is 37.7 Å². The molecule has 0 radical (unpaired) electrons. The van der Waals surface area contributed by atoms with Crippen molar-refractivity contribution in [1.82, 2.24) is 5.32 Å². The molecule has 0 aliphatic heterocycles. The van der Waals surface area contributed by atoms with Crippen LogP contribution in [-0.4, -0.2) is 18.6 Å². The minimum absolute atomic E-state index is 0.00353. The number of nitrogens with one attached hydrogen (secondary N) is 1. The zero-order valence-corrected chi connectivity index (χ0v) is 14.4. The Morgan fingerprint density at radius 2 is 1.96 bits per heavy atom. The first-order chi connectivity index (χ1) is 11.2. The van der Waals surface area contributed by atoms with Gasteiger partial charge in [0.25, 0.3) is 0 Å². The fourth-order valence-electron chi connectivity index (χ4n) is 3.14. The van der Waals surface area contributed by atoms with Gasteiger partial charge in [0.2, 0.25) is 0 Å². The monoisotopic (exact) mass is 315 g/mol. The summed E-state index contributed by atoms with van der Waals surface area (Å²) in [7, 11) is 0. The van der Waals surface area contributed by atoms with Gasteiger partial charge in [-0.3, -0.25) is 0 Å². The summed E-state index contributed by atoms with van der Waals surface area (Å²) in [5.41, 5.74) is 2.01. The average molecular weight is 315 g/mol. The maximum Gasteiger partial charge on any atom is 0.335 e. The van der Waals surface area contributed by atoms with Crippen molar-refractivity contribution in [2.45, 2.75) is 58.5 Å². The van der Waals surface area contributed by atoms with E-state index in [0.717, 1.165) is 12.1 Å². The molecule has 2 rings (SSSR count). The molecular weight excluding hydrogens is 286 g/mol. The highest BCUT2D eigenvalue weighted by molar-refractivity contribution is 5.89. The normalized spacial score (nSPS) is 17.7. The van der Waals surface area contributed by atoms with E-state index in [2.05, 4.69) is 30.4 Å². The highest BCUT2D eigenvalue weighted by Gasteiger charge is 2.21. The molecule has 1 aromatic carbocycles. The van der Waals surface area contributed by atoms with Crippen LogP contribution in [0.5, 0.6) is 0 Å². The molecule has 3 heteroatoms. The second kappa shape index (κ2) is 9.51. The molecule has 0 heterocycles. The zero-order valence-electron chi connectivity index (χ0n) is 14.4. The molecule has 1 atom stereocenters. The highest BCUT2D eigenvalue weighted by Crippen LogP contribution is 2.26. The van der Waals surface area contributed by atoms with E-state index in [1.807, 2.05) is 25.1 Å². The van der Waals surface area contributed by atoms with E-state index in [4.69, 9.17) is 4.74 Å². The van der Waals surface area contributed by atoms with Gasteiger partial charge >= 0.3 is 5.97 Å². The molecule has 0 aromatic heterocycles. The average Bonchev–Trinajstić information content (AvgIpc) is 2.59. The minimum atomic E-state index is -0.175. The van der Waals surface area contributed by atoms with Crippen molar-refractivity contribution in [1.29, 1.82) is 0 Å². The fourth-order valence-corrected chi connectivity index (χ4v) is 3.14. The van der Waals surface area contributed by atoms with E-state index >= 15 is 0 Å². The smallest absolute Gasteiger partial charge is 0.335 e. The Bertz CT molecular complexity index is 504. The third-order valence-electron chi connectivity index (χ3n) is 4.50. The van der Waals surface area contributed by atoms with Crippen LogP contribution in [0.4, 0.5) is 0 Å². The number of allylic oxidation sites excluding steroid dienone is 1. The summed E-state index contributed by atoms with van der Waals surface area (Å²) in [6.07, 6.45) is 8.40. The van der Waals surface area contributed by atoms with E-state index in [-0.39, 0.29) is 12.0 Å². The van der Waals surface area contributed by atoms with Gasteiger partial charge in [-0.25, -0.2) is 4.79 Å². The Kier molecular flexibility index (Phi) is 7.34. The van der Waals surface area contributed by atoms with Crippen LogP contribution in [-0.2, 0) is 16.1 Å². The highest BCUT2D eigenvalue weighted by atomic mass is 16.5. The van der Waals surface area contributed by atoms with Crippen LogP contribution in [0.1, 0.15) is 51.5 Å². The molecule has 1 fully saturated rings. The van der Waals surface area contributed by atoms with Gasteiger partial charge in [0.15, 0.2) is 0 Å². The number of ether oxygens (including phenoxy) is 1. The Balaban J connectivity index is 2.02. The Morgan fingerprint density at radius 1 is 1.26 bits per heavy atom. The van der Waals surface area contributed by atoms with Crippen LogP contribution < -0.4 is 5.32 Å². The van der Waals surface area contributed by atoms with Gasteiger partial charge in [-0.15, -0.1) is 0 Å². The molecule has 0 spiro atoms. The quantitative estimate of drug-likeness (QED) is 0.604. The topological polar surface area (TPSA) is 38.3 Å². The maximum absolute atomic E-state index is 12.3. The lowest BCUT2D eigenvalue weighted by molar-refractivity contribution is -0.138. The summed E-state index contributed by atoms with van der Waals surface area (Å²) in [4.78, 5) is 12.3. The SMILES string of the molecule is CCOC(=O)/C(=C\C1CCCCC1)[C@H](C)NCc1ccccc1. The van der Waals surface area contributed by atoms with Crippen molar-refractivity contribution in [3.05, 3.63) is 47.5 Å². The summed E-state index contributed by atoms with van der Waals surface area (Å²) in [5.74, 6) is 0.343. The first-order valence-corrected chi connectivity index (χ1v) is 8.87. The van der Waals surface area contributed by atoms with Crippen LogP contribution in [0.2, 0.25) is 0 Å². The van der Waals surface area contributed by atoms with Crippen molar-refractivity contribution in [2.24, 2.45) is 5.92 Å². The number of esters is 1. The van der Waals surface area contributed by atoms with Crippen molar-refractivity contribution < 1.29 is 9.53 Å². The molecule has 1 saturated carbocycles. The van der Waals surface area contributed by atoms with Crippen molar-refractivity contribution in [3.8, 4) is 0 Å². The molecule has 1 aromatic rings. The summed E-state index contributed by atoms with van der Waals surface area (Å²) in [5, 5.41) is 3.46. The predicted octanol–water partition coefficient (Wildman–Crippen LogP) is 4.23. The number of hydrogen-bond acceptors (Lipinski definition) is 3. The Hall–Kier alpha value is -1.61. The zero-order chi connectivity index (χ0) is 16.5. The molecule has 1 aliphatic carbocycles. The standard InChI is InChI=1S/C20H29NO2/c1-3-23-20(22)19(14-17-10-6-4-7-11-17)16(2)21-15-18-12-8-5-9-13-18/h5,8-9,12-14,16-17,21H,3-4,6-7,10-11,15H2,1-2H3/b19-14-/t16-/m0/s1. The molecular formula is C20H29NO2. The third-order valence-corrected chi connectivity index (χ3v) is 4.50. The van der Waals surface area contributed by atoms with Crippen LogP contribution in [0.25, 0.3) is 0 Å². The number of benzene rings is 1. The van der Waals surface area contributed by atoms with Gasteiger partial charge in [0.05, 0.1) is 12.2 Å². The number of hydrogen-bond donors (Lipinski definition) is 1. The molecule has 3 nitrogen and oxygen atoms in total. The van der Waals surface area contributed by atoms with Crippen molar-refractivity contribution in [2.75, 3.05) is 6.61 Å². The first-order valence-electron chi connectivity index (χ1n) is 8.87. The van der Waals surface area contributed by atoms with Gasteiger partial charge in [-0.1, -0.05) is 55.7 Å². The summed E-state index contributed by atoms with van der Waals surface area (Å²) < 4.78 is 5.27. The summed E-state index contributed by atoms with van der Waals surface area (Å²) in [6.45, 7) is 5.09. The molecule has 126 valence electrons. The maximum atomic E-state index is 12.3. The van der Waals surface area contributed by atoms with Crippen LogP contribution >= 0.6 is 0 Å². The second-order valence-electron chi connectivity index (χ2n) is 6.33. The fraction of sp³-hybridized carbons (Fsp3) is 0.550. The van der Waals surface area contributed by atoms with E-state index < -0.39 is 0 Å². The van der Waals surface area contributed by atoms with Crippen molar-refractivity contribution >= 4 is 5.97 Å². The van der Waals surface area contributed by atoms with Gasteiger partial charge < -0.3 is 10.1 Å². The van der Waals surface area contributed by atoms with Gasteiger partial charge in [-0.05, 0) is 38.2 Å². The number of rotatable bonds is 7. The van der Waals surface area contributed by atoms with Crippen LogP contribution in [0, 0.1) is 5.92 Å². The molecule has 0 saturated heterocycles. The Morgan fingerprint density at radius 3 is 2.61 bits per heavy atom. The Labute approximate surface area is 140 Å². The van der Waals surface area contributed by atoms with Crippen molar-refractivity contribution in [3.63, 3.8) is 0 Å². The lowest BCUT2D eigenvalue weighted by atomic mass is 9.87. The lowest BCUT2D eigenvalue weighted by Crippen LogP contribution is -2.32. The van der Waals surface area contributed by atoms with E-state index in [0.29, 0.717) is 12.5 Å². The minimum Gasteiger partial charge on any atom is -0.463 e. The third kappa shape index (κ3) is 5.83. The second-order valence-corrected chi connectivity index (χ2v) is 6.33. The predicted molar refractivity (Wildman–Crippen MR) is 94.0 cm³/mol. The molecule has 23 heavy (non-hydrogen) atoms. The summed E-state index contributed by atoms with van der Waals surface area (Å²) >= 11 is 0. The lowest BCUT2D eigenvalue weighted by Gasteiger charge is -2.22. The number of carbonyl (C=O) groups is 1. The van der Waals surface area contributed by atoms with Gasteiger partial charge in [0, 0.05) is 12.6 Å². The van der Waals surface area contributed by atoms with E-state index in [9.17, 15) is 4.79 Å².